The minimum absolute atomic E-state index is 0.0303. The van der Waals surface area contributed by atoms with Crippen molar-refractivity contribution in [1.82, 2.24) is 19.9 Å². The van der Waals surface area contributed by atoms with Crippen LogP contribution in [-0.4, -0.2) is 54.3 Å². The first-order valence-electron chi connectivity index (χ1n) is 23.8. The van der Waals surface area contributed by atoms with Crippen LogP contribution in [0.3, 0.4) is 0 Å². The van der Waals surface area contributed by atoms with Crippen molar-refractivity contribution in [3.05, 3.63) is 80.4 Å². The van der Waals surface area contributed by atoms with Crippen LogP contribution in [0.15, 0.2) is 29.8 Å². The summed E-state index contributed by atoms with van der Waals surface area (Å²) in [5, 5.41) is 23.9. The van der Waals surface area contributed by atoms with Crippen LogP contribution >= 0.6 is 0 Å². The zero-order valence-corrected chi connectivity index (χ0v) is 40.0. The molecule has 0 spiro atoms. The Kier molecular flexibility index (Phi) is 15.1. The number of hydrogen-bond donors (Lipinski definition) is 4. The standard InChI is InChI=1S/C53H74N4O6/c1-12-53(62)46-28-42-36(9)49-44(59)26-39(51(49)56-42)50-38(34(7)40(55-50)27-41-35(8)48(37(10)58)43(54-41)29-45(57-46)52(53,11)61)22-23-47(60)63-25-24-33(6)21-15-20-32(5)19-14-18-31(4)17-13-16-30(2)3/h24,27-32,34,38,54,56,61-62H,12-23,25-26H2,1-11H3/b33-24+,40-27?,41-27?,42-28?,43-29?,45-29?,46-28?,50-39?/t31-,32-,34+,38+,52-,53+/m1/s1. The van der Waals surface area contributed by atoms with Crippen molar-refractivity contribution in [3.63, 3.8) is 0 Å². The van der Waals surface area contributed by atoms with Crippen molar-refractivity contribution >= 4 is 39.6 Å². The fourth-order valence-corrected chi connectivity index (χ4v) is 10.3. The smallest absolute Gasteiger partial charge is 0.306 e. The lowest BCUT2D eigenvalue weighted by atomic mass is 9.80. The Morgan fingerprint density at radius 3 is 2.16 bits per heavy atom. The minimum atomic E-state index is -1.78. The number of carbonyl (C=O) groups excluding carboxylic acids is 3. The molecule has 4 N–H and O–H groups in total. The van der Waals surface area contributed by atoms with E-state index in [1.54, 1.807) is 19.1 Å². The van der Waals surface area contributed by atoms with Crippen LogP contribution in [0.1, 0.15) is 211 Å². The van der Waals surface area contributed by atoms with Gasteiger partial charge in [-0.1, -0.05) is 92.1 Å². The molecule has 0 unspecified atom stereocenters. The van der Waals surface area contributed by atoms with Crippen molar-refractivity contribution in [3.8, 4) is 0 Å². The molecule has 3 aromatic rings. The quantitative estimate of drug-likeness (QED) is 0.0527. The summed E-state index contributed by atoms with van der Waals surface area (Å²) in [6.45, 7) is 22.4. The van der Waals surface area contributed by atoms with Gasteiger partial charge < -0.3 is 24.9 Å². The van der Waals surface area contributed by atoms with Crippen LogP contribution in [0, 0.1) is 31.6 Å². The monoisotopic (exact) mass is 863 g/mol. The molecule has 6 atom stereocenters. The number of ether oxygens (including phenoxy) is 1. The minimum Gasteiger partial charge on any atom is -0.461 e. The first kappa shape index (κ1) is 48.1. The maximum atomic E-state index is 13.8. The number of nitrogens with one attached hydrogen (secondary N) is 2. The Balaban J connectivity index is 1.20. The molecule has 0 saturated carbocycles. The lowest BCUT2D eigenvalue weighted by Crippen LogP contribution is -2.43. The summed E-state index contributed by atoms with van der Waals surface area (Å²) in [5.74, 6) is 1.58. The molecule has 0 radical (unpaired) electrons. The summed E-state index contributed by atoms with van der Waals surface area (Å²) in [6.07, 6.45) is 14.3. The van der Waals surface area contributed by atoms with Gasteiger partial charge in [0, 0.05) is 58.1 Å². The number of aliphatic hydroxyl groups is 2. The fraction of sp³-hybridized carbons (Fsp3) is 0.604. The molecule has 6 rings (SSSR count). The lowest BCUT2D eigenvalue weighted by molar-refractivity contribution is -0.148. The van der Waals surface area contributed by atoms with Crippen molar-refractivity contribution in [1.29, 1.82) is 0 Å². The Morgan fingerprint density at radius 2 is 1.51 bits per heavy atom. The predicted octanol–water partition coefficient (Wildman–Crippen LogP) is 12.0. The van der Waals surface area contributed by atoms with E-state index in [0.29, 0.717) is 39.6 Å². The third-order valence-corrected chi connectivity index (χ3v) is 14.7. The van der Waals surface area contributed by atoms with E-state index >= 15 is 0 Å². The van der Waals surface area contributed by atoms with E-state index in [1.807, 2.05) is 26.0 Å². The zero-order chi connectivity index (χ0) is 46.0. The Hall–Kier alpha value is -4.41. The van der Waals surface area contributed by atoms with Crippen LogP contribution in [0.5, 0.6) is 0 Å². The summed E-state index contributed by atoms with van der Waals surface area (Å²) >= 11 is 0. The van der Waals surface area contributed by atoms with Crippen molar-refractivity contribution in [2.75, 3.05) is 6.61 Å². The number of aryl methyl sites for hydroxylation is 2. The third-order valence-electron chi connectivity index (χ3n) is 14.7. The first-order valence-corrected chi connectivity index (χ1v) is 23.8. The molecule has 0 amide bonds. The van der Waals surface area contributed by atoms with Gasteiger partial charge in [-0.25, -0.2) is 0 Å². The van der Waals surface area contributed by atoms with Gasteiger partial charge in [0.05, 0.1) is 28.1 Å². The van der Waals surface area contributed by atoms with Crippen LogP contribution in [0.2, 0.25) is 0 Å². The molecule has 2 aliphatic heterocycles. The van der Waals surface area contributed by atoms with Gasteiger partial charge in [-0.3, -0.25) is 24.4 Å². The highest BCUT2D eigenvalue weighted by atomic mass is 16.5. The normalized spacial score (nSPS) is 21.9. The number of H-pyrrole nitrogens is 2. The van der Waals surface area contributed by atoms with Gasteiger partial charge in [-0.2, -0.15) is 0 Å². The van der Waals surface area contributed by atoms with E-state index in [4.69, 9.17) is 14.7 Å². The number of allylic oxidation sites excluding steroid dienone is 1. The van der Waals surface area contributed by atoms with Gasteiger partial charge in [-0.15, -0.1) is 0 Å². The highest BCUT2D eigenvalue weighted by molar-refractivity contribution is 6.13. The molecular weight excluding hydrogens is 789 g/mol. The van der Waals surface area contributed by atoms with Gasteiger partial charge in [0.1, 0.15) is 17.8 Å². The van der Waals surface area contributed by atoms with Crippen LogP contribution in [0.4, 0.5) is 0 Å². The molecule has 8 bridgehead atoms. The molecule has 0 saturated heterocycles. The van der Waals surface area contributed by atoms with Crippen LogP contribution < -0.4 is 0 Å². The van der Waals surface area contributed by atoms with E-state index in [1.165, 1.54) is 64.4 Å². The van der Waals surface area contributed by atoms with Crippen molar-refractivity contribution in [2.45, 2.75) is 183 Å². The number of carbonyl (C=O) groups is 3. The number of nitrogens with zero attached hydrogens (tertiary/aromatic N) is 2. The van der Waals surface area contributed by atoms with Crippen LogP contribution in [0.25, 0.3) is 22.1 Å². The van der Waals surface area contributed by atoms with E-state index in [-0.39, 0.29) is 66.6 Å². The number of ketones is 2. The maximum Gasteiger partial charge on any atom is 0.306 e. The summed E-state index contributed by atoms with van der Waals surface area (Å²) in [5.41, 5.74) is 5.45. The number of hydrogen-bond acceptors (Lipinski definition) is 8. The molecule has 0 fully saturated rings. The van der Waals surface area contributed by atoms with Gasteiger partial charge in [0.25, 0.3) is 0 Å². The van der Waals surface area contributed by atoms with Crippen LogP contribution in [-0.2, 0) is 27.2 Å². The average molecular weight is 863 g/mol. The van der Waals surface area contributed by atoms with Gasteiger partial charge >= 0.3 is 5.97 Å². The molecule has 10 heteroatoms. The Morgan fingerprint density at radius 1 is 0.873 bits per heavy atom. The maximum absolute atomic E-state index is 13.8. The molecule has 63 heavy (non-hydrogen) atoms. The number of rotatable bonds is 19. The highest BCUT2D eigenvalue weighted by Gasteiger charge is 2.53. The highest BCUT2D eigenvalue weighted by Crippen LogP contribution is 2.48. The number of esters is 1. The lowest BCUT2D eigenvalue weighted by Gasteiger charge is -2.34. The SMILES string of the molecule is CC[C@]1(O)c2cc3[nH]c4c(c5nc(cc6[nH]c(cc(n2)[C@@]1(C)O)c(C(C)=O)c6C)[C@@H](C)[C@@H]5CCC(=O)OC/C=C(\C)CCC[C@H](C)CCC[C@H](C)CCCC(C)C)CC(=O)c4c3C. The molecule has 1 aliphatic carbocycles. The van der Waals surface area contributed by atoms with E-state index in [2.05, 4.69) is 51.5 Å². The number of aromatic nitrogens is 4. The second kappa shape index (κ2) is 19.8. The molecule has 0 aromatic carbocycles. The number of Topliss-reactive ketones (excluding diaryl/α,β-unsaturated/α-hetero) is 2. The zero-order valence-electron chi connectivity index (χ0n) is 40.0. The summed E-state index contributed by atoms with van der Waals surface area (Å²) < 4.78 is 5.76. The second-order valence-corrected chi connectivity index (χ2v) is 20.0. The van der Waals surface area contributed by atoms with E-state index in [0.717, 1.165) is 58.7 Å². The Labute approximate surface area is 375 Å². The topological polar surface area (TPSA) is 158 Å². The molecule has 3 aromatic heterocycles. The van der Waals surface area contributed by atoms with Gasteiger partial charge in [-0.05, 0) is 113 Å². The molecular formula is C53H74N4O6. The molecule has 10 nitrogen and oxygen atoms in total. The first-order chi connectivity index (χ1) is 29.8. The average Bonchev–Trinajstić information content (AvgIpc) is 3.95. The largest absolute Gasteiger partial charge is 0.461 e. The van der Waals surface area contributed by atoms with E-state index < -0.39 is 11.2 Å². The number of fused-ring (bicyclic) bond motifs is 8. The van der Waals surface area contributed by atoms with Gasteiger partial charge in [0.15, 0.2) is 11.6 Å². The molecule has 3 aliphatic rings. The third kappa shape index (κ3) is 10.1. The Bertz CT molecular complexity index is 2400. The molecule has 5 heterocycles. The van der Waals surface area contributed by atoms with Crippen molar-refractivity contribution in [2.24, 2.45) is 17.8 Å². The van der Waals surface area contributed by atoms with E-state index in [9.17, 15) is 24.6 Å². The van der Waals surface area contributed by atoms with Crippen molar-refractivity contribution < 1.29 is 29.3 Å². The fourth-order valence-electron chi connectivity index (χ4n) is 10.3. The summed E-state index contributed by atoms with van der Waals surface area (Å²) in [4.78, 5) is 57.2. The summed E-state index contributed by atoms with van der Waals surface area (Å²) in [7, 11) is 0. The number of aromatic amines is 2. The second-order valence-electron chi connectivity index (χ2n) is 20.0. The molecule has 342 valence electrons. The predicted molar refractivity (Wildman–Crippen MR) is 252 cm³/mol. The summed E-state index contributed by atoms with van der Waals surface area (Å²) in [6, 6.07) is 5.31. The van der Waals surface area contributed by atoms with Gasteiger partial charge in [0.2, 0.25) is 0 Å².